The molecule has 19 heavy (non-hydrogen) atoms. The fourth-order valence-electron chi connectivity index (χ4n) is 1.48. The van der Waals surface area contributed by atoms with Gasteiger partial charge in [-0.15, -0.1) is 12.4 Å². The molecule has 0 amide bonds. The quantitative estimate of drug-likeness (QED) is 0.657. The van der Waals surface area contributed by atoms with Crippen molar-refractivity contribution < 1.29 is 4.74 Å². The second kappa shape index (κ2) is 7.16. The minimum atomic E-state index is 0. The first-order valence-corrected chi connectivity index (χ1v) is 6.26. The molecule has 0 saturated heterocycles. The highest BCUT2D eigenvalue weighted by atomic mass is 79.9. The van der Waals surface area contributed by atoms with Gasteiger partial charge in [-0.25, -0.2) is 0 Å². The topological polar surface area (TPSA) is 59.1 Å². The summed E-state index contributed by atoms with van der Waals surface area (Å²) in [5, 5.41) is 7.30. The molecule has 0 aliphatic carbocycles. The Hall–Kier alpha value is -1.52. The number of benzene rings is 2. The number of nitrogens with one attached hydrogen (secondary N) is 1. The molecule has 0 radical (unpaired) electrons. The zero-order valence-electron chi connectivity index (χ0n) is 10.1. The summed E-state index contributed by atoms with van der Waals surface area (Å²) in [6.07, 6.45) is 0. The summed E-state index contributed by atoms with van der Waals surface area (Å²) in [5.74, 6) is 0.907. The van der Waals surface area contributed by atoms with Crippen molar-refractivity contribution in [3.05, 3.63) is 64.1 Å². The van der Waals surface area contributed by atoms with Crippen molar-refractivity contribution in [2.75, 3.05) is 0 Å². The smallest absolute Gasteiger partial charge is 0.122 e. The number of halogens is 2. The van der Waals surface area contributed by atoms with Gasteiger partial charge in [0.1, 0.15) is 18.2 Å². The van der Waals surface area contributed by atoms with E-state index in [1.165, 1.54) is 0 Å². The lowest BCUT2D eigenvalue weighted by Gasteiger charge is -2.07. The maximum absolute atomic E-state index is 7.30. The third kappa shape index (κ3) is 4.58. The molecule has 0 saturated carbocycles. The molecule has 0 aliphatic heterocycles. The van der Waals surface area contributed by atoms with E-state index in [1.807, 2.05) is 48.5 Å². The molecular formula is C14H14BrClN2O. The van der Waals surface area contributed by atoms with Gasteiger partial charge in [-0.05, 0) is 29.8 Å². The first-order valence-electron chi connectivity index (χ1n) is 5.47. The van der Waals surface area contributed by atoms with Crippen LogP contribution in [0.5, 0.6) is 5.75 Å². The molecule has 2 rings (SSSR count). The predicted molar refractivity (Wildman–Crippen MR) is 83.2 cm³/mol. The van der Waals surface area contributed by atoms with Crippen molar-refractivity contribution in [1.82, 2.24) is 0 Å². The van der Waals surface area contributed by atoms with E-state index in [0.29, 0.717) is 6.61 Å². The SMILES string of the molecule is Cl.N=C(N)c1ccc(COc2ccc(Br)cc2)cc1. The Morgan fingerprint density at radius 1 is 1.05 bits per heavy atom. The number of hydrogen-bond acceptors (Lipinski definition) is 2. The average molecular weight is 342 g/mol. The number of ether oxygens (including phenoxy) is 1. The highest BCUT2D eigenvalue weighted by molar-refractivity contribution is 9.10. The van der Waals surface area contributed by atoms with Crippen LogP contribution >= 0.6 is 28.3 Å². The number of hydrogen-bond donors (Lipinski definition) is 2. The zero-order chi connectivity index (χ0) is 13.0. The monoisotopic (exact) mass is 340 g/mol. The summed E-state index contributed by atoms with van der Waals surface area (Å²) in [4.78, 5) is 0. The Morgan fingerprint density at radius 3 is 2.16 bits per heavy atom. The van der Waals surface area contributed by atoms with Crippen molar-refractivity contribution in [3.8, 4) is 5.75 Å². The molecule has 0 aromatic heterocycles. The predicted octanol–water partition coefficient (Wildman–Crippen LogP) is 3.73. The highest BCUT2D eigenvalue weighted by Gasteiger charge is 1.98. The summed E-state index contributed by atoms with van der Waals surface area (Å²) in [6, 6.07) is 15.2. The van der Waals surface area contributed by atoms with Crippen LogP contribution in [0.4, 0.5) is 0 Å². The Labute approximate surface area is 126 Å². The summed E-state index contributed by atoms with van der Waals surface area (Å²) < 4.78 is 6.67. The van der Waals surface area contributed by atoms with Crippen LogP contribution in [0.1, 0.15) is 11.1 Å². The Bertz CT molecular complexity index is 540. The molecule has 0 bridgehead atoms. The summed E-state index contributed by atoms with van der Waals surface area (Å²) >= 11 is 3.38. The minimum absolute atomic E-state index is 0. The molecule has 0 fully saturated rings. The molecule has 5 heteroatoms. The summed E-state index contributed by atoms with van der Waals surface area (Å²) in [6.45, 7) is 0.500. The van der Waals surface area contributed by atoms with Crippen LogP contribution in [-0.4, -0.2) is 5.84 Å². The van der Waals surface area contributed by atoms with Gasteiger partial charge in [-0.3, -0.25) is 5.41 Å². The molecule has 0 spiro atoms. The van der Waals surface area contributed by atoms with Gasteiger partial charge in [0.25, 0.3) is 0 Å². The molecule has 3 nitrogen and oxygen atoms in total. The Kier molecular flexibility index (Phi) is 5.86. The molecule has 0 aliphatic rings. The minimum Gasteiger partial charge on any atom is -0.489 e. The molecule has 0 atom stereocenters. The van der Waals surface area contributed by atoms with E-state index in [9.17, 15) is 0 Å². The van der Waals surface area contributed by atoms with Crippen molar-refractivity contribution >= 4 is 34.2 Å². The molecule has 2 aromatic rings. The normalized spacial score (nSPS) is 9.53. The Balaban J connectivity index is 0.00000180. The van der Waals surface area contributed by atoms with Gasteiger partial charge in [-0.1, -0.05) is 40.2 Å². The van der Waals surface area contributed by atoms with E-state index in [1.54, 1.807) is 0 Å². The van der Waals surface area contributed by atoms with Crippen LogP contribution in [-0.2, 0) is 6.61 Å². The lowest BCUT2D eigenvalue weighted by molar-refractivity contribution is 0.306. The van der Waals surface area contributed by atoms with E-state index in [0.717, 1.165) is 21.3 Å². The third-order valence-electron chi connectivity index (χ3n) is 2.48. The molecule has 100 valence electrons. The van der Waals surface area contributed by atoms with Crippen molar-refractivity contribution in [2.45, 2.75) is 6.61 Å². The van der Waals surface area contributed by atoms with E-state index >= 15 is 0 Å². The van der Waals surface area contributed by atoms with Crippen LogP contribution in [0.25, 0.3) is 0 Å². The number of rotatable bonds is 4. The third-order valence-corrected chi connectivity index (χ3v) is 3.01. The number of nitrogens with two attached hydrogens (primary N) is 1. The van der Waals surface area contributed by atoms with Crippen LogP contribution in [0.15, 0.2) is 53.0 Å². The standard InChI is InChI=1S/C14H13BrN2O.ClH/c15-12-5-7-13(8-6-12)18-9-10-1-3-11(4-2-10)14(16)17;/h1-8H,9H2,(H3,16,17);1H. The maximum atomic E-state index is 7.30. The fraction of sp³-hybridized carbons (Fsp3) is 0.0714. The Morgan fingerprint density at radius 2 is 1.63 bits per heavy atom. The molecule has 0 heterocycles. The number of amidine groups is 1. The van der Waals surface area contributed by atoms with E-state index in [2.05, 4.69) is 15.9 Å². The van der Waals surface area contributed by atoms with Gasteiger partial charge in [0.15, 0.2) is 0 Å². The summed E-state index contributed by atoms with van der Waals surface area (Å²) in [7, 11) is 0. The van der Waals surface area contributed by atoms with E-state index in [4.69, 9.17) is 15.9 Å². The maximum Gasteiger partial charge on any atom is 0.122 e. The molecular weight excluding hydrogens is 328 g/mol. The molecule has 0 unspecified atom stereocenters. The van der Waals surface area contributed by atoms with Crippen LogP contribution in [0.3, 0.4) is 0 Å². The van der Waals surface area contributed by atoms with Gasteiger partial charge < -0.3 is 10.5 Å². The van der Waals surface area contributed by atoms with Crippen LogP contribution in [0.2, 0.25) is 0 Å². The van der Waals surface area contributed by atoms with E-state index < -0.39 is 0 Å². The van der Waals surface area contributed by atoms with Gasteiger partial charge >= 0.3 is 0 Å². The second-order valence-corrected chi connectivity index (χ2v) is 4.77. The zero-order valence-corrected chi connectivity index (χ0v) is 12.5. The van der Waals surface area contributed by atoms with Gasteiger partial charge in [-0.2, -0.15) is 0 Å². The van der Waals surface area contributed by atoms with Crippen molar-refractivity contribution in [2.24, 2.45) is 5.73 Å². The van der Waals surface area contributed by atoms with Gasteiger partial charge in [0.2, 0.25) is 0 Å². The lowest BCUT2D eigenvalue weighted by atomic mass is 10.1. The fourth-order valence-corrected chi connectivity index (χ4v) is 1.74. The first-order chi connectivity index (χ1) is 8.65. The molecule has 2 aromatic carbocycles. The van der Waals surface area contributed by atoms with Crippen molar-refractivity contribution in [1.29, 1.82) is 5.41 Å². The van der Waals surface area contributed by atoms with E-state index in [-0.39, 0.29) is 18.2 Å². The van der Waals surface area contributed by atoms with Crippen molar-refractivity contribution in [3.63, 3.8) is 0 Å². The second-order valence-electron chi connectivity index (χ2n) is 3.85. The lowest BCUT2D eigenvalue weighted by Crippen LogP contribution is -2.10. The van der Waals surface area contributed by atoms with Crippen LogP contribution in [0, 0.1) is 5.41 Å². The van der Waals surface area contributed by atoms with Gasteiger partial charge in [0, 0.05) is 10.0 Å². The summed E-state index contributed by atoms with van der Waals surface area (Å²) in [5.41, 5.74) is 7.16. The average Bonchev–Trinajstić information content (AvgIpc) is 2.38. The highest BCUT2D eigenvalue weighted by Crippen LogP contribution is 2.17. The largest absolute Gasteiger partial charge is 0.489 e. The number of nitrogen functional groups attached to an aromatic ring is 1. The van der Waals surface area contributed by atoms with Crippen LogP contribution < -0.4 is 10.5 Å². The van der Waals surface area contributed by atoms with Gasteiger partial charge in [0.05, 0.1) is 0 Å². The first kappa shape index (κ1) is 15.5. The molecule has 3 N–H and O–H groups in total.